The van der Waals surface area contributed by atoms with Crippen molar-refractivity contribution in [3.05, 3.63) is 40.0 Å². The molecule has 4 heterocycles. The SMILES string of the molecule is Cc1cnc([C@H]2CCCN(C(=O)c3ccnc(N4CCCC4)c3)C2)s1. The molecule has 5 nitrogen and oxygen atoms in total. The van der Waals surface area contributed by atoms with Crippen LogP contribution in [0.5, 0.6) is 0 Å². The van der Waals surface area contributed by atoms with Crippen LogP contribution in [0.4, 0.5) is 5.82 Å². The number of carbonyl (C=O) groups excluding carboxylic acids is 1. The van der Waals surface area contributed by atoms with Crippen molar-refractivity contribution in [1.82, 2.24) is 14.9 Å². The standard InChI is InChI=1S/C19H24N4OS/c1-14-12-21-18(25-14)16-5-4-10-23(13-16)19(24)15-6-7-20-17(11-15)22-8-2-3-9-22/h6-7,11-12,16H,2-5,8-10,13H2,1H3/t16-/m0/s1. The highest BCUT2D eigenvalue weighted by atomic mass is 32.1. The molecule has 0 spiro atoms. The number of piperidine rings is 1. The predicted octanol–water partition coefficient (Wildman–Crippen LogP) is 3.47. The van der Waals surface area contributed by atoms with Crippen LogP contribution >= 0.6 is 11.3 Å². The molecule has 0 saturated carbocycles. The topological polar surface area (TPSA) is 49.3 Å². The molecule has 6 heteroatoms. The molecule has 25 heavy (non-hydrogen) atoms. The van der Waals surface area contributed by atoms with Gasteiger partial charge in [0.2, 0.25) is 0 Å². The first-order valence-electron chi connectivity index (χ1n) is 9.13. The number of pyridine rings is 1. The second-order valence-corrected chi connectivity index (χ2v) is 8.26. The summed E-state index contributed by atoms with van der Waals surface area (Å²) in [5, 5.41) is 1.17. The van der Waals surface area contributed by atoms with Crippen LogP contribution in [-0.2, 0) is 0 Å². The number of aryl methyl sites for hydroxylation is 1. The average Bonchev–Trinajstić information content (AvgIpc) is 3.33. The lowest BCUT2D eigenvalue weighted by Crippen LogP contribution is -2.39. The molecular weight excluding hydrogens is 332 g/mol. The van der Waals surface area contributed by atoms with Crippen LogP contribution in [0.2, 0.25) is 0 Å². The summed E-state index contributed by atoms with van der Waals surface area (Å²) in [6, 6.07) is 3.81. The molecule has 1 atom stereocenters. The zero-order valence-corrected chi connectivity index (χ0v) is 15.5. The van der Waals surface area contributed by atoms with Gasteiger partial charge in [-0.05, 0) is 44.7 Å². The molecule has 1 amide bonds. The Kier molecular flexibility index (Phi) is 4.70. The van der Waals surface area contributed by atoms with E-state index in [1.807, 2.05) is 23.2 Å². The summed E-state index contributed by atoms with van der Waals surface area (Å²) in [5.74, 6) is 1.43. The minimum Gasteiger partial charge on any atom is -0.357 e. The molecule has 0 bridgehead atoms. The van der Waals surface area contributed by atoms with Crippen molar-refractivity contribution in [3.63, 3.8) is 0 Å². The fourth-order valence-electron chi connectivity index (χ4n) is 3.78. The molecule has 0 radical (unpaired) electrons. The van der Waals surface area contributed by atoms with Crippen molar-refractivity contribution in [2.45, 2.75) is 38.5 Å². The molecule has 2 aromatic heterocycles. The molecule has 0 aromatic carbocycles. The van der Waals surface area contributed by atoms with Crippen LogP contribution in [-0.4, -0.2) is 47.0 Å². The number of anilines is 1. The molecule has 2 aromatic rings. The largest absolute Gasteiger partial charge is 0.357 e. The number of thiazole rings is 1. The van der Waals surface area contributed by atoms with Gasteiger partial charge in [0.1, 0.15) is 5.82 Å². The van der Waals surface area contributed by atoms with Gasteiger partial charge in [0, 0.05) is 54.9 Å². The molecule has 2 saturated heterocycles. The van der Waals surface area contributed by atoms with Crippen molar-refractivity contribution < 1.29 is 4.79 Å². The van der Waals surface area contributed by atoms with E-state index in [1.54, 1.807) is 17.5 Å². The molecule has 2 fully saturated rings. The smallest absolute Gasteiger partial charge is 0.254 e. The Morgan fingerprint density at radius 1 is 1.20 bits per heavy atom. The van der Waals surface area contributed by atoms with Gasteiger partial charge in [-0.3, -0.25) is 4.79 Å². The molecular formula is C19H24N4OS. The third kappa shape index (κ3) is 3.54. The van der Waals surface area contributed by atoms with Gasteiger partial charge in [-0.1, -0.05) is 0 Å². The summed E-state index contributed by atoms with van der Waals surface area (Å²) in [7, 11) is 0. The van der Waals surface area contributed by atoms with Gasteiger partial charge in [0.15, 0.2) is 0 Å². The highest BCUT2D eigenvalue weighted by Crippen LogP contribution is 2.30. The summed E-state index contributed by atoms with van der Waals surface area (Å²) in [6.07, 6.45) is 8.28. The van der Waals surface area contributed by atoms with Gasteiger partial charge in [-0.2, -0.15) is 0 Å². The molecule has 0 N–H and O–H groups in total. The van der Waals surface area contributed by atoms with Crippen LogP contribution in [0.25, 0.3) is 0 Å². The number of aromatic nitrogens is 2. The lowest BCUT2D eigenvalue weighted by atomic mass is 9.98. The highest BCUT2D eigenvalue weighted by molar-refractivity contribution is 7.11. The fraction of sp³-hybridized carbons (Fsp3) is 0.526. The van der Waals surface area contributed by atoms with Crippen molar-refractivity contribution in [3.8, 4) is 0 Å². The van der Waals surface area contributed by atoms with E-state index in [1.165, 1.54) is 22.7 Å². The Balaban J connectivity index is 1.49. The number of likely N-dealkylation sites (tertiary alicyclic amines) is 1. The third-order valence-electron chi connectivity index (χ3n) is 5.12. The molecule has 132 valence electrons. The van der Waals surface area contributed by atoms with E-state index in [0.29, 0.717) is 5.92 Å². The van der Waals surface area contributed by atoms with E-state index in [0.717, 1.165) is 50.4 Å². The van der Waals surface area contributed by atoms with E-state index >= 15 is 0 Å². The molecule has 4 rings (SSSR count). The summed E-state index contributed by atoms with van der Waals surface area (Å²) in [6.45, 7) is 5.78. The van der Waals surface area contributed by atoms with Crippen LogP contribution in [0, 0.1) is 6.92 Å². The summed E-state index contributed by atoms with van der Waals surface area (Å²) in [4.78, 5) is 27.5. The van der Waals surface area contributed by atoms with Gasteiger partial charge in [-0.15, -0.1) is 11.3 Å². The predicted molar refractivity (Wildman–Crippen MR) is 100 cm³/mol. The molecule has 0 aliphatic carbocycles. The van der Waals surface area contributed by atoms with E-state index in [-0.39, 0.29) is 5.91 Å². The zero-order chi connectivity index (χ0) is 17.2. The summed E-state index contributed by atoms with van der Waals surface area (Å²) < 4.78 is 0. The van der Waals surface area contributed by atoms with Gasteiger partial charge >= 0.3 is 0 Å². The molecule has 2 aliphatic rings. The minimum absolute atomic E-state index is 0.126. The quantitative estimate of drug-likeness (QED) is 0.845. The Hall–Kier alpha value is -1.95. The summed E-state index contributed by atoms with van der Waals surface area (Å²) in [5.41, 5.74) is 0.757. The van der Waals surface area contributed by atoms with Crippen LogP contribution in [0.15, 0.2) is 24.5 Å². The Labute approximate surface area is 152 Å². The van der Waals surface area contributed by atoms with Gasteiger partial charge < -0.3 is 9.80 Å². The van der Waals surface area contributed by atoms with Gasteiger partial charge in [0.05, 0.1) is 5.01 Å². The average molecular weight is 356 g/mol. The number of hydrogen-bond acceptors (Lipinski definition) is 5. The Morgan fingerprint density at radius 3 is 2.80 bits per heavy atom. The number of nitrogens with zero attached hydrogens (tertiary/aromatic N) is 4. The molecule has 0 unspecified atom stereocenters. The maximum absolute atomic E-state index is 13.0. The van der Waals surface area contributed by atoms with E-state index < -0.39 is 0 Å². The Bertz CT molecular complexity index is 753. The van der Waals surface area contributed by atoms with Gasteiger partial charge in [-0.25, -0.2) is 9.97 Å². The fourth-order valence-corrected chi connectivity index (χ4v) is 4.68. The first kappa shape index (κ1) is 16.5. The minimum atomic E-state index is 0.126. The lowest BCUT2D eigenvalue weighted by Gasteiger charge is -2.32. The van der Waals surface area contributed by atoms with E-state index in [2.05, 4.69) is 21.8 Å². The highest BCUT2D eigenvalue weighted by Gasteiger charge is 2.27. The maximum atomic E-state index is 13.0. The second kappa shape index (κ2) is 7.12. The lowest BCUT2D eigenvalue weighted by molar-refractivity contribution is 0.0707. The second-order valence-electron chi connectivity index (χ2n) is 7.00. The third-order valence-corrected chi connectivity index (χ3v) is 6.19. The Morgan fingerprint density at radius 2 is 2.04 bits per heavy atom. The number of carbonyl (C=O) groups is 1. The van der Waals surface area contributed by atoms with Crippen molar-refractivity contribution in [2.24, 2.45) is 0 Å². The van der Waals surface area contributed by atoms with E-state index in [9.17, 15) is 4.79 Å². The number of hydrogen-bond donors (Lipinski definition) is 0. The van der Waals surface area contributed by atoms with Gasteiger partial charge in [0.25, 0.3) is 5.91 Å². The summed E-state index contributed by atoms with van der Waals surface area (Å²) >= 11 is 1.76. The maximum Gasteiger partial charge on any atom is 0.254 e. The molecule has 2 aliphatic heterocycles. The number of amides is 1. The van der Waals surface area contributed by atoms with Crippen LogP contribution in [0.3, 0.4) is 0 Å². The van der Waals surface area contributed by atoms with Crippen molar-refractivity contribution in [2.75, 3.05) is 31.1 Å². The zero-order valence-electron chi connectivity index (χ0n) is 14.6. The van der Waals surface area contributed by atoms with Crippen molar-refractivity contribution >= 4 is 23.1 Å². The number of rotatable bonds is 3. The van der Waals surface area contributed by atoms with E-state index in [4.69, 9.17) is 0 Å². The first-order chi connectivity index (χ1) is 12.2. The van der Waals surface area contributed by atoms with Crippen LogP contribution in [0.1, 0.15) is 51.8 Å². The van der Waals surface area contributed by atoms with Crippen LogP contribution < -0.4 is 4.90 Å². The van der Waals surface area contributed by atoms with Crippen molar-refractivity contribution in [1.29, 1.82) is 0 Å². The first-order valence-corrected chi connectivity index (χ1v) is 9.95. The monoisotopic (exact) mass is 356 g/mol. The normalized spacial score (nSPS) is 20.9.